The second-order valence-electron chi connectivity index (χ2n) is 7.14. The topological polar surface area (TPSA) is 71.7 Å². The summed E-state index contributed by atoms with van der Waals surface area (Å²) in [6.07, 6.45) is 1.96. The van der Waals surface area contributed by atoms with Gasteiger partial charge in [0.2, 0.25) is 11.8 Å². The van der Waals surface area contributed by atoms with E-state index in [0.717, 1.165) is 36.6 Å². The Bertz CT molecular complexity index is 789. The van der Waals surface area contributed by atoms with Crippen molar-refractivity contribution in [1.29, 1.82) is 0 Å². The van der Waals surface area contributed by atoms with Crippen molar-refractivity contribution in [2.24, 2.45) is 0 Å². The zero-order valence-electron chi connectivity index (χ0n) is 15.2. The summed E-state index contributed by atoms with van der Waals surface area (Å²) in [5.74, 6) is 2.43. The largest absolute Gasteiger partial charge is 0.490 e. The molecule has 2 aliphatic rings. The number of para-hydroxylation sites is 2. The van der Waals surface area contributed by atoms with Gasteiger partial charge in [0.05, 0.1) is 24.8 Å². The smallest absolute Gasteiger partial charge is 0.244 e. The van der Waals surface area contributed by atoms with Gasteiger partial charge in [-0.15, -0.1) is 0 Å². The maximum Gasteiger partial charge on any atom is 0.244 e. The first-order valence-electron chi connectivity index (χ1n) is 9.23. The number of hydrogen-bond acceptors (Lipinski definition) is 6. The first-order valence-corrected chi connectivity index (χ1v) is 9.23. The number of benzene rings is 1. The quantitative estimate of drug-likeness (QED) is 0.839. The van der Waals surface area contributed by atoms with E-state index in [2.05, 4.69) is 15.0 Å². The molecule has 1 amide bonds. The number of anilines is 1. The van der Waals surface area contributed by atoms with Crippen molar-refractivity contribution in [3.8, 4) is 5.75 Å². The minimum atomic E-state index is 0.0234. The number of fused-ring (bicyclic) bond motifs is 1. The highest BCUT2D eigenvalue weighted by molar-refractivity contribution is 5.96. The van der Waals surface area contributed by atoms with E-state index in [9.17, 15) is 4.79 Å². The summed E-state index contributed by atoms with van der Waals surface area (Å²) in [6.45, 7) is 6.39. The van der Waals surface area contributed by atoms with Crippen LogP contribution in [0.25, 0.3) is 0 Å². The lowest BCUT2D eigenvalue weighted by molar-refractivity contribution is -0.120. The molecular weight excluding hydrogens is 332 g/mol. The number of carbonyl (C=O) groups is 1. The molecule has 0 N–H and O–H groups in total. The Hall–Kier alpha value is -2.41. The van der Waals surface area contributed by atoms with Gasteiger partial charge < -0.3 is 14.2 Å². The molecule has 1 aromatic carbocycles. The van der Waals surface area contributed by atoms with Crippen LogP contribution in [0.3, 0.4) is 0 Å². The Morgan fingerprint density at radius 1 is 1.31 bits per heavy atom. The van der Waals surface area contributed by atoms with Crippen LogP contribution in [0.15, 0.2) is 28.8 Å². The number of likely N-dealkylation sites (tertiary alicyclic amines) is 1. The predicted molar refractivity (Wildman–Crippen MR) is 96.2 cm³/mol. The van der Waals surface area contributed by atoms with Crippen LogP contribution >= 0.6 is 0 Å². The van der Waals surface area contributed by atoms with E-state index in [4.69, 9.17) is 9.26 Å². The van der Waals surface area contributed by atoms with E-state index >= 15 is 0 Å². The van der Waals surface area contributed by atoms with Gasteiger partial charge in [-0.3, -0.25) is 9.69 Å². The third-order valence-corrected chi connectivity index (χ3v) is 4.99. The molecule has 26 heavy (non-hydrogen) atoms. The second-order valence-corrected chi connectivity index (χ2v) is 7.14. The molecule has 1 atom stereocenters. The molecule has 0 spiro atoms. The van der Waals surface area contributed by atoms with Gasteiger partial charge in [-0.05, 0) is 31.5 Å². The monoisotopic (exact) mass is 356 g/mol. The highest BCUT2D eigenvalue weighted by Gasteiger charge is 2.34. The van der Waals surface area contributed by atoms with Gasteiger partial charge in [-0.25, -0.2) is 0 Å². The second kappa shape index (κ2) is 7.07. The van der Waals surface area contributed by atoms with Crippen molar-refractivity contribution in [2.45, 2.75) is 38.6 Å². The molecule has 0 unspecified atom stereocenters. The first-order chi connectivity index (χ1) is 12.6. The molecule has 7 heteroatoms. The molecule has 0 saturated carbocycles. The fraction of sp³-hybridized carbons (Fsp3) is 0.526. The molecule has 4 rings (SSSR count). The molecule has 0 radical (unpaired) electrons. The van der Waals surface area contributed by atoms with Gasteiger partial charge in [0, 0.05) is 5.92 Å². The lowest BCUT2D eigenvalue weighted by Gasteiger charge is -2.31. The van der Waals surface area contributed by atoms with Crippen molar-refractivity contribution in [2.75, 3.05) is 31.1 Å². The van der Waals surface area contributed by atoms with Crippen molar-refractivity contribution < 1.29 is 14.1 Å². The summed E-state index contributed by atoms with van der Waals surface area (Å²) < 4.78 is 11.1. The average molecular weight is 356 g/mol. The zero-order valence-corrected chi connectivity index (χ0v) is 15.2. The number of hydrogen-bond donors (Lipinski definition) is 0. The Morgan fingerprint density at radius 3 is 2.96 bits per heavy atom. The molecule has 2 aliphatic heterocycles. The number of carbonyl (C=O) groups excluding carboxylic acids is 1. The van der Waals surface area contributed by atoms with Crippen LogP contribution in [0.1, 0.15) is 50.4 Å². The number of aromatic nitrogens is 2. The fourth-order valence-electron chi connectivity index (χ4n) is 3.60. The van der Waals surface area contributed by atoms with Crippen molar-refractivity contribution in [3.63, 3.8) is 0 Å². The van der Waals surface area contributed by atoms with E-state index < -0.39 is 0 Å². The van der Waals surface area contributed by atoms with Crippen LogP contribution in [-0.4, -0.2) is 47.2 Å². The van der Waals surface area contributed by atoms with Gasteiger partial charge in [0.15, 0.2) is 5.82 Å². The lowest BCUT2D eigenvalue weighted by Crippen LogP contribution is -2.44. The van der Waals surface area contributed by atoms with Crippen molar-refractivity contribution in [1.82, 2.24) is 15.0 Å². The SMILES string of the molecule is CC(C)c1noc([C@@H]2CCCN2CC(=O)N2CCOc3ccccc32)n1. The van der Waals surface area contributed by atoms with E-state index in [1.54, 1.807) is 0 Å². The summed E-state index contributed by atoms with van der Waals surface area (Å²) in [6, 6.07) is 7.71. The number of amides is 1. The summed E-state index contributed by atoms with van der Waals surface area (Å²) in [5.41, 5.74) is 0.847. The molecule has 2 aromatic rings. The Labute approximate surface area is 152 Å². The molecule has 7 nitrogen and oxygen atoms in total. The van der Waals surface area contributed by atoms with Gasteiger partial charge >= 0.3 is 0 Å². The lowest BCUT2D eigenvalue weighted by atomic mass is 10.2. The van der Waals surface area contributed by atoms with Crippen LogP contribution in [0.2, 0.25) is 0 Å². The molecule has 1 saturated heterocycles. The van der Waals surface area contributed by atoms with Crippen molar-refractivity contribution >= 4 is 11.6 Å². The number of rotatable bonds is 4. The zero-order chi connectivity index (χ0) is 18.1. The normalized spacial score (nSPS) is 20.3. The highest BCUT2D eigenvalue weighted by Crippen LogP contribution is 2.34. The molecule has 3 heterocycles. The van der Waals surface area contributed by atoms with Crippen LogP contribution in [0.4, 0.5) is 5.69 Å². The first kappa shape index (κ1) is 17.0. The number of nitrogens with zero attached hydrogens (tertiary/aromatic N) is 4. The van der Waals surface area contributed by atoms with E-state index in [0.29, 0.717) is 25.6 Å². The van der Waals surface area contributed by atoms with Crippen LogP contribution in [-0.2, 0) is 4.79 Å². The third kappa shape index (κ3) is 3.19. The number of ether oxygens (including phenoxy) is 1. The van der Waals surface area contributed by atoms with E-state index in [1.165, 1.54) is 0 Å². The molecule has 0 bridgehead atoms. The molecule has 138 valence electrons. The van der Waals surface area contributed by atoms with Gasteiger partial charge in [-0.1, -0.05) is 31.1 Å². The van der Waals surface area contributed by atoms with E-state index in [-0.39, 0.29) is 17.9 Å². The van der Waals surface area contributed by atoms with Crippen LogP contribution in [0.5, 0.6) is 5.75 Å². The summed E-state index contributed by atoms with van der Waals surface area (Å²) in [5, 5.41) is 4.07. The highest BCUT2D eigenvalue weighted by atomic mass is 16.5. The Morgan fingerprint density at radius 2 is 2.15 bits per heavy atom. The summed E-state index contributed by atoms with van der Waals surface area (Å²) >= 11 is 0. The van der Waals surface area contributed by atoms with Crippen LogP contribution in [0, 0.1) is 0 Å². The Kier molecular flexibility index (Phi) is 4.63. The standard InChI is InChI=1S/C19H24N4O3/c1-13(2)18-20-19(26-21-18)15-7-5-9-22(15)12-17(24)23-10-11-25-16-8-4-3-6-14(16)23/h3-4,6,8,13,15H,5,7,9-12H2,1-2H3/t15-/m0/s1. The van der Waals surface area contributed by atoms with Gasteiger partial charge in [0.25, 0.3) is 0 Å². The minimum absolute atomic E-state index is 0.0234. The molecule has 0 aliphatic carbocycles. The molecule has 1 fully saturated rings. The van der Waals surface area contributed by atoms with Gasteiger partial charge in [0.1, 0.15) is 12.4 Å². The Balaban J connectivity index is 1.48. The predicted octanol–water partition coefficient (Wildman–Crippen LogP) is 2.76. The maximum atomic E-state index is 13.0. The molecular formula is C19H24N4O3. The van der Waals surface area contributed by atoms with Crippen molar-refractivity contribution in [3.05, 3.63) is 36.0 Å². The fourth-order valence-corrected chi connectivity index (χ4v) is 3.60. The van der Waals surface area contributed by atoms with Crippen LogP contribution < -0.4 is 9.64 Å². The minimum Gasteiger partial charge on any atom is -0.490 e. The summed E-state index contributed by atoms with van der Waals surface area (Å²) in [7, 11) is 0. The third-order valence-electron chi connectivity index (χ3n) is 4.99. The molecule has 1 aromatic heterocycles. The maximum absolute atomic E-state index is 13.0. The van der Waals surface area contributed by atoms with E-state index in [1.807, 2.05) is 43.0 Å². The van der Waals surface area contributed by atoms with Gasteiger partial charge in [-0.2, -0.15) is 4.98 Å². The average Bonchev–Trinajstić information content (AvgIpc) is 3.30. The summed E-state index contributed by atoms with van der Waals surface area (Å²) in [4.78, 5) is 21.5.